The minimum absolute atomic E-state index is 0.0212. The molecule has 7 nitrogen and oxygen atoms in total. The zero-order chi connectivity index (χ0) is 13.9. The molecular formula is C10H12BrNO6. The monoisotopic (exact) mass is 321 g/mol. The Hall–Kier alpha value is -1.44. The lowest BCUT2D eigenvalue weighted by molar-refractivity contribution is -0.220. The SMILES string of the molecule is CCC(=O)OC1(OC(=O)CC)C(=O)NC(=O)C1Br. The van der Waals surface area contributed by atoms with E-state index in [0.29, 0.717) is 0 Å². The predicted molar refractivity (Wildman–Crippen MR) is 61.4 cm³/mol. The summed E-state index contributed by atoms with van der Waals surface area (Å²) in [6.45, 7) is 3.02. The summed E-state index contributed by atoms with van der Waals surface area (Å²) in [5, 5.41) is 1.94. The molecule has 0 aromatic heterocycles. The Labute approximate surface area is 111 Å². The van der Waals surface area contributed by atoms with E-state index in [1.54, 1.807) is 0 Å². The van der Waals surface area contributed by atoms with Gasteiger partial charge in [0.2, 0.25) is 5.91 Å². The van der Waals surface area contributed by atoms with Crippen molar-refractivity contribution in [3.63, 3.8) is 0 Å². The summed E-state index contributed by atoms with van der Waals surface area (Å²) in [5.41, 5.74) is 0. The number of imide groups is 1. The molecule has 2 amide bonds. The molecule has 0 spiro atoms. The second-order valence-electron chi connectivity index (χ2n) is 3.50. The highest BCUT2D eigenvalue weighted by Gasteiger charge is 2.61. The van der Waals surface area contributed by atoms with E-state index in [2.05, 4.69) is 15.9 Å². The van der Waals surface area contributed by atoms with Crippen LogP contribution in [0.3, 0.4) is 0 Å². The number of hydrogen-bond acceptors (Lipinski definition) is 6. The Morgan fingerprint density at radius 1 is 1.22 bits per heavy atom. The van der Waals surface area contributed by atoms with E-state index < -0.39 is 34.4 Å². The van der Waals surface area contributed by atoms with Crippen LogP contribution in [0.4, 0.5) is 0 Å². The maximum atomic E-state index is 11.7. The smallest absolute Gasteiger partial charge is 0.358 e. The number of ether oxygens (including phenoxy) is 2. The number of hydrogen-bond donors (Lipinski definition) is 1. The van der Waals surface area contributed by atoms with Crippen molar-refractivity contribution >= 4 is 39.7 Å². The Kier molecular flexibility index (Phi) is 4.44. The summed E-state index contributed by atoms with van der Waals surface area (Å²) in [6.07, 6.45) is -0.0424. The van der Waals surface area contributed by atoms with Crippen LogP contribution < -0.4 is 5.32 Å². The van der Waals surface area contributed by atoms with Crippen LogP contribution in [0.2, 0.25) is 0 Å². The highest BCUT2D eigenvalue weighted by atomic mass is 79.9. The van der Waals surface area contributed by atoms with Crippen LogP contribution in [0.1, 0.15) is 26.7 Å². The van der Waals surface area contributed by atoms with Gasteiger partial charge in [0.15, 0.2) is 4.83 Å². The van der Waals surface area contributed by atoms with Crippen molar-refractivity contribution < 1.29 is 28.7 Å². The van der Waals surface area contributed by atoms with Crippen LogP contribution in [0.5, 0.6) is 0 Å². The molecule has 1 rings (SSSR count). The normalized spacial score (nSPS) is 21.4. The largest absolute Gasteiger partial charge is 0.412 e. The first-order chi connectivity index (χ1) is 8.37. The topological polar surface area (TPSA) is 98.8 Å². The zero-order valence-electron chi connectivity index (χ0n) is 9.82. The molecule has 0 aromatic carbocycles. The molecule has 1 saturated heterocycles. The zero-order valence-corrected chi connectivity index (χ0v) is 11.4. The van der Waals surface area contributed by atoms with E-state index in [1.807, 2.05) is 5.32 Å². The molecule has 0 aromatic rings. The number of halogens is 1. The van der Waals surface area contributed by atoms with E-state index in [-0.39, 0.29) is 12.8 Å². The number of carbonyl (C=O) groups excluding carboxylic acids is 4. The van der Waals surface area contributed by atoms with Crippen molar-refractivity contribution in [1.29, 1.82) is 0 Å². The Morgan fingerprint density at radius 2 is 1.67 bits per heavy atom. The predicted octanol–water partition coefficient (Wildman–Crippen LogP) is 0.00900. The highest BCUT2D eigenvalue weighted by Crippen LogP contribution is 2.31. The van der Waals surface area contributed by atoms with Crippen molar-refractivity contribution in [3.05, 3.63) is 0 Å². The number of alkyl halides is 1. The summed E-state index contributed by atoms with van der Waals surface area (Å²) in [5.74, 6) is -5.47. The van der Waals surface area contributed by atoms with Gasteiger partial charge in [0.05, 0.1) is 0 Å². The van der Waals surface area contributed by atoms with Gasteiger partial charge in [-0.3, -0.25) is 24.5 Å². The van der Waals surface area contributed by atoms with Gasteiger partial charge in [0.25, 0.3) is 0 Å². The molecule has 1 heterocycles. The van der Waals surface area contributed by atoms with E-state index in [4.69, 9.17) is 9.47 Å². The fraction of sp³-hybridized carbons (Fsp3) is 0.600. The number of rotatable bonds is 4. The highest BCUT2D eigenvalue weighted by molar-refractivity contribution is 9.10. The second-order valence-corrected chi connectivity index (χ2v) is 4.42. The van der Waals surface area contributed by atoms with Crippen molar-refractivity contribution in [3.8, 4) is 0 Å². The summed E-state index contributed by atoms with van der Waals surface area (Å²) >= 11 is 2.90. The number of esters is 2. The van der Waals surface area contributed by atoms with Gasteiger partial charge in [-0.2, -0.15) is 0 Å². The molecule has 1 N–H and O–H groups in total. The minimum atomic E-state index is -2.25. The molecule has 1 unspecified atom stereocenters. The van der Waals surface area contributed by atoms with Gasteiger partial charge in [0.1, 0.15) is 0 Å². The average Bonchev–Trinajstić information content (AvgIpc) is 2.53. The third-order valence-corrected chi connectivity index (χ3v) is 3.24. The van der Waals surface area contributed by atoms with Crippen LogP contribution in [0, 0.1) is 0 Å². The van der Waals surface area contributed by atoms with Gasteiger partial charge in [-0.25, -0.2) is 0 Å². The number of carbonyl (C=O) groups is 4. The van der Waals surface area contributed by atoms with Gasteiger partial charge in [0, 0.05) is 12.8 Å². The lowest BCUT2D eigenvalue weighted by Crippen LogP contribution is -2.51. The van der Waals surface area contributed by atoms with Gasteiger partial charge >= 0.3 is 23.6 Å². The molecular weight excluding hydrogens is 310 g/mol. The first-order valence-corrected chi connectivity index (χ1v) is 6.22. The molecule has 1 atom stereocenters. The summed E-state index contributed by atoms with van der Waals surface area (Å²) in [7, 11) is 0. The third kappa shape index (κ3) is 2.53. The molecule has 1 fully saturated rings. The van der Waals surface area contributed by atoms with Gasteiger partial charge in [-0.1, -0.05) is 29.8 Å². The quantitative estimate of drug-likeness (QED) is 0.339. The van der Waals surface area contributed by atoms with Gasteiger partial charge < -0.3 is 9.47 Å². The van der Waals surface area contributed by atoms with E-state index in [1.165, 1.54) is 13.8 Å². The summed E-state index contributed by atoms with van der Waals surface area (Å²) < 4.78 is 9.71. The molecule has 0 radical (unpaired) electrons. The summed E-state index contributed by atoms with van der Waals surface area (Å²) in [4.78, 5) is 44.5. The first-order valence-electron chi connectivity index (χ1n) is 5.30. The number of amides is 2. The fourth-order valence-corrected chi connectivity index (χ4v) is 1.76. The van der Waals surface area contributed by atoms with Gasteiger partial charge in [-0.15, -0.1) is 0 Å². The Morgan fingerprint density at radius 3 is 1.94 bits per heavy atom. The Balaban J connectivity index is 3.08. The van der Waals surface area contributed by atoms with Gasteiger partial charge in [-0.05, 0) is 0 Å². The van der Waals surface area contributed by atoms with Crippen LogP contribution >= 0.6 is 15.9 Å². The van der Waals surface area contributed by atoms with Crippen LogP contribution in [-0.4, -0.2) is 34.4 Å². The molecule has 18 heavy (non-hydrogen) atoms. The summed E-state index contributed by atoms with van der Waals surface area (Å²) in [6, 6.07) is 0. The molecule has 1 aliphatic rings. The van der Waals surface area contributed by atoms with E-state index in [0.717, 1.165) is 0 Å². The first kappa shape index (κ1) is 14.6. The average molecular weight is 322 g/mol. The van der Waals surface area contributed by atoms with Crippen molar-refractivity contribution in [1.82, 2.24) is 5.32 Å². The second kappa shape index (κ2) is 5.47. The molecule has 1 aliphatic heterocycles. The minimum Gasteiger partial charge on any atom is -0.412 e. The molecule has 100 valence electrons. The van der Waals surface area contributed by atoms with Crippen LogP contribution in [0.25, 0.3) is 0 Å². The molecule has 0 bridgehead atoms. The van der Waals surface area contributed by atoms with E-state index in [9.17, 15) is 19.2 Å². The van der Waals surface area contributed by atoms with Crippen LogP contribution in [0.15, 0.2) is 0 Å². The lowest BCUT2D eigenvalue weighted by Gasteiger charge is -2.27. The van der Waals surface area contributed by atoms with Crippen molar-refractivity contribution in [2.45, 2.75) is 37.3 Å². The maximum Gasteiger partial charge on any atom is 0.358 e. The standard InChI is InChI=1S/C10H12BrNO6/c1-3-5(13)17-10(18-6(14)4-2)7(11)8(15)12-9(10)16/h7H,3-4H2,1-2H3,(H,12,15,16). The third-order valence-electron chi connectivity index (χ3n) is 2.23. The fourth-order valence-electron chi connectivity index (χ4n) is 1.25. The molecule has 8 heteroatoms. The molecule has 0 aliphatic carbocycles. The van der Waals surface area contributed by atoms with Crippen LogP contribution in [-0.2, 0) is 28.7 Å². The van der Waals surface area contributed by atoms with Crippen molar-refractivity contribution in [2.24, 2.45) is 0 Å². The van der Waals surface area contributed by atoms with E-state index >= 15 is 0 Å². The van der Waals surface area contributed by atoms with Crippen molar-refractivity contribution in [2.75, 3.05) is 0 Å². The molecule has 0 saturated carbocycles. The Bertz CT molecular complexity index is 389. The number of nitrogens with one attached hydrogen (secondary N) is 1. The lowest BCUT2D eigenvalue weighted by atomic mass is 10.2. The maximum absolute atomic E-state index is 11.7.